The Morgan fingerprint density at radius 2 is 1.82 bits per heavy atom. The number of carbonyl (C=O) groups is 1. The molecule has 7 heteroatoms. The molecule has 1 amide bonds. The molecule has 6 nitrogen and oxygen atoms in total. The topological polar surface area (TPSA) is 60.9 Å². The number of hydrogen-bond donors (Lipinski definition) is 0. The lowest BCUT2D eigenvalue weighted by atomic mass is 9.76. The van der Waals surface area contributed by atoms with E-state index in [0.29, 0.717) is 12.5 Å². The van der Waals surface area contributed by atoms with Crippen molar-refractivity contribution in [3.05, 3.63) is 17.5 Å². The largest absolute Gasteiger partial charge is 0.496 e. The van der Waals surface area contributed by atoms with Crippen molar-refractivity contribution in [2.75, 3.05) is 11.4 Å². The number of rotatable bonds is 1. The van der Waals surface area contributed by atoms with Gasteiger partial charge in [-0.2, -0.15) is 0 Å². The maximum Gasteiger partial charge on any atom is 0.496 e. The fraction of sp³-hybridized carbons (Fsp3) is 0.714. The highest BCUT2D eigenvalue weighted by molar-refractivity contribution is 6.62. The number of amides is 1. The maximum atomic E-state index is 12.9. The Labute approximate surface area is 169 Å². The standard InChI is InChI=1S/C21H33BN2O4/c1-13-10-16-17(24(12-13)18(25)26-19(3,4)5)14(2)15(11-23-16)22-27-20(6,7)21(8,9)28-22/h11,13H,10,12H2,1-9H3. The van der Waals surface area contributed by atoms with E-state index in [1.54, 1.807) is 4.90 Å². The molecule has 2 aliphatic heterocycles. The average Bonchev–Trinajstić information content (AvgIpc) is 2.72. The Kier molecular flexibility index (Phi) is 5.08. The van der Waals surface area contributed by atoms with Crippen LogP contribution in [0.3, 0.4) is 0 Å². The van der Waals surface area contributed by atoms with E-state index < -0.39 is 23.9 Å². The van der Waals surface area contributed by atoms with Gasteiger partial charge in [-0.25, -0.2) is 4.79 Å². The highest BCUT2D eigenvalue weighted by Gasteiger charge is 2.52. The van der Waals surface area contributed by atoms with E-state index in [9.17, 15) is 4.79 Å². The van der Waals surface area contributed by atoms with Gasteiger partial charge >= 0.3 is 13.2 Å². The predicted octanol–water partition coefficient (Wildman–Crippen LogP) is 3.62. The Morgan fingerprint density at radius 1 is 1.25 bits per heavy atom. The lowest BCUT2D eigenvalue weighted by Gasteiger charge is -2.35. The average molecular weight is 388 g/mol. The van der Waals surface area contributed by atoms with Gasteiger partial charge in [-0.3, -0.25) is 9.88 Å². The zero-order valence-electron chi connectivity index (χ0n) is 18.7. The smallest absolute Gasteiger partial charge is 0.443 e. The van der Waals surface area contributed by atoms with E-state index in [1.165, 1.54) is 0 Å². The minimum absolute atomic E-state index is 0.314. The fourth-order valence-corrected chi connectivity index (χ4v) is 3.65. The summed E-state index contributed by atoms with van der Waals surface area (Å²) in [6, 6.07) is 0. The van der Waals surface area contributed by atoms with Crippen LogP contribution in [-0.2, 0) is 20.5 Å². The van der Waals surface area contributed by atoms with Crippen LogP contribution in [0.2, 0.25) is 0 Å². The van der Waals surface area contributed by atoms with Crippen LogP contribution in [0.15, 0.2) is 6.20 Å². The lowest BCUT2D eigenvalue weighted by molar-refractivity contribution is 0.00578. The summed E-state index contributed by atoms with van der Waals surface area (Å²) in [5.41, 5.74) is 2.16. The number of aromatic nitrogens is 1. The van der Waals surface area contributed by atoms with Crippen molar-refractivity contribution in [1.29, 1.82) is 0 Å². The lowest BCUT2D eigenvalue weighted by Crippen LogP contribution is -2.45. The zero-order chi connectivity index (χ0) is 21.1. The molecule has 3 rings (SSSR count). The Bertz CT molecular complexity index is 769. The minimum atomic E-state index is -0.553. The van der Waals surface area contributed by atoms with E-state index in [0.717, 1.165) is 28.8 Å². The van der Waals surface area contributed by atoms with Gasteiger partial charge in [0.25, 0.3) is 0 Å². The summed E-state index contributed by atoms with van der Waals surface area (Å²) in [7, 11) is -0.511. The summed E-state index contributed by atoms with van der Waals surface area (Å²) in [5.74, 6) is 0.314. The molecule has 0 aromatic carbocycles. The first kappa shape index (κ1) is 21.1. The zero-order valence-corrected chi connectivity index (χ0v) is 18.7. The molecule has 1 saturated heterocycles. The van der Waals surface area contributed by atoms with E-state index in [-0.39, 0.29) is 6.09 Å². The Hall–Kier alpha value is -1.60. The molecule has 154 valence electrons. The van der Waals surface area contributed by atoms with Crippen LogP contribution in [0.1, 0.15) is 66.6 Å². The first-order chi connectivity index (χ1) is 12.7. The van der Waals surface area contributed by atoms with Crippen molar-refractivity contribution >= 4 is 24.4 Å². The molecule has 2 aliphatic rings. The molecular formula is C21H33BN2O4. The van der Waals surface area contributed by atoms with E-state index in [2.05, 4.69) is 6.92 Å². The molecule has 3 heterocycles. The van der Waals surface area contributed by atoms with Gasteiger partial charge < -0.3 is 14.0 Å². The number of hydrogen-bond acceptors (Lipinski definition) is 5. The number of fused-ring (bicyclic) bond motifs is 1. The molecule has 0 spiro atoms. The van der Waals surface area contributed by atoms with Gasteiger partial charge in [0.15, 0.2) is 0 Å². The normalized spacial score (nSPS) is 23.5. The summed E-state index contributed by atoms with van der Waals surface area (Å²) in [6.07, 6.45) is 2.33. The van der Waals surface area contributed by atoms with Crippen LogP contribution in [0.5, 0.6) is 0 Å². The summed E-state index contributed by atoms with van der Waals surface area (Å²) < 4.78 is 18.1. The van der Waals surface area contributed by atoms with Crippen molar-refractivity contribution in [2.45, 2.75) is 85.5 Å². The molecular weight excluding hydrogens is 355 g/mol. The van der Waals surface area contributed by atoms with Gasteiger partial charge in [0, 0.05) is 18.2 Å². The molecule has 1 aromatic rings. The van der Waals surface area contributed by atoms with Crippen LogP contribution < -0.4 is 10.4 Å². The van der Waals surface area contributed by atoms with Crippen LogP contribution in [0.4, 0.5) is 10.5 Å². The second-order valence-electron chi connectivity index (χ2n) is 10.1. The molecule has 1 atom stereocenters. The molecule has 0 radical (unpaired) electrons. The van der Waals surface area contributed by atoms with E-state index in [4.69, 9.17) is 19.0 Å². The fourth-order valence-electron chi connectivity index (χ4n) is 3.65. The predicted molar refractivity (Wildman–Crippen MR) is 111 cm³/mol. The second kappa shape index (κ2) is 6.73. The monoisotopic (exact) mass is 388 g/mol. The summed E-state index contributed by atoms with van der Waals surface area (Å²) in [6.45, 7) is 18.5. The van der Waals surface area contributed by atoms with Gasteiger partial charge in [-0.05, 0) is 73.3 Å². The second-order valence-corrected chi connectivity index (χ2v) is 10.1. The van der Waals surface area contributed by atoms with Crippen molar-refractivity contribution in [3.8, 4) is 0 Å². The first-order valence-corrected chi connectivity index (χ1v) is 10.1. The van der Waals surface area contributed by atoms with Crippen LogP contribution in [0, 0.1) is 12.8 Å². The third-order valence-corrected chi connectivity index (χ3v) is 5.85. The molecule has 28 heavy (non-hydrogen) atoms. The number of anilines is 1. The number of ether oxygens (including phenoxy) is 1. The van der Waals surface area contributed by atoms with Crippen LogP contribution in [0.25, 0.3) is 0 Å². The highest BCUT2D eigenvalue weighted by atomic mass is 16.7. The van der Waals surface area contributed by atoms with Crippen molar-refractivity contribution < 1.29 is 18.8 Å². The molecule has 0 aliphatic carbocycles. The van der Waals surface area contributed by atoms with Gasteiger partial charge in [-0.15, -0.1) is 0 Å². The third-order valence-electron chi connectivity index (χ3n) is 5.85. The summed E-state index contributed by atoms with van der Waals surface area (Å²) in [5, 5.41) is 0. The molecule has 1 aromatic heterocycles. The summed E-state index contributed by atoms with van der Waals surface area (Å²) in [4.78, 5) is 19.3. The van der Waals surface area contributed by atoms with E-state index in [1.807, 2.05) is 61.6 Å². The van der Waals surface area contributed by atoms with Gasteiger partial charge in [-0.1, -0.05) is 6.92 Å². The Balaban J connectivity index is 2.01. The molecule has 0 saturated carbocycles. The molecule has 1 unspecified atom stereocenters. The van der Waals surface area contributed by atoms with Gasteiger partial charge in [0.1, 0.15) is 5.60 Å². The Morgan fingerprint density at radius 3 is 2.36 bits per heavy atom. The van der Waals surface area contributed by atoms with Crippen LogP contribution >= 0.6 is 0 Å². The number of pyridine rings is 1. The van der Waals surface area contributed by atoms with Gasteiger partial charge in [0.2, 0.25) is 0 Å². The van der Waals surface area contributed by atoms with E-state index >= 15 is 0 Å². The number of carbonyl (C=O) groups excluding carboxylic acids is 1. The quantitative estimate of drug-likeness (QED) is 0.688. The SMILES string of the molecule is Cc1c(B2OC(C)(C)C(C)(C)O2)cnc2c1N(C(=O)OC(C)(C)C)CC(C)C2. The van der Waals surface area contributed by atoms with Crippen LogP contribution in [-0.4, -0.2) is 41.5 Å². The molecule has 0 bridgehead atoms. The maximum absolute atomic E-state index is 12.9. The van der Waals surface area contributed by atoms with Crippen molar-refractivity contribution in [3.63, 3.8) is 0 Å². The molecule has 0 N–H and O–H groups in total. The summed E-state index contributed by atoms with van der Waals surface area (Å²) >= 11 is 0. The third kappa shape index (κ3) is 3.79. The highest BCUT2D eigenvalue weighted by Crippen LogP contribution is 2.38. The van der Waals surface area contributed by atoms with Gasteiger partial charge in [0.05, 0.1) is 22.6 Å². The van der Waals surface area contributed by atoms with Crippen molar-refractivity contribution in [2.24, 2.45) is 5.92 Å². The number of nitrogens with zero attached hydrogens (tertiary/aromatic N) is 2. The minimum Gasteiger partial charge on any atom is -0.443 e. The molecule has 1 fully saturated rings. The van der Waals surface area contributed by atoms with Crippen molar-refractivity contribution in [1.82, 2.24) is 4.98 Å². The first-order valence-electron chi connectivity index (χ1n) is 10.1.